The summed E-state index contributed by atoms with van der Waals surface area (Å²) < 4.78 is 17.1. The van der Waals surface area contributed by atoms with Gasteiger partial charge in [0.1, 0.15) is 18.3 Å². The summed E-state index contributed by atoms with van der Waals surface area (Å²) in [5, 5.41) is 20.8. The molecular formula is C20H24O5. The lowest BCUT2D eigenvalue weighted by molar-refractivity contribution is -0.298. The van der Waals surface area contributed by atoms with E-state index in [4.69, 9.17) is 14.2 Å². The van der Waals surface area contributed by atoms with E-state index in [1.54, 1.807) is 6.92 Å². The van der Waals surface area contributed by atoms with E-state index >= 15 is 0 Å². The minimum absolute atomic E-state index is 0.281. The zero-order valence-corrected chi connectivity index (χ0v) is 14.2. The minimum Gasteiger partial charge on any atom is -0.387 e. The standard InChI is InChI=1S/C20H24O5/c1-14-18(23-12-15-8-4-2-5-9-15)17(21)19(20(22)25-14)24-13-16-10-6-3-7-11-16/h2-11,14,17-22H,12-13H2,1H3/t14-,17+,18+,19-,20+/m0/s1. The Balaban J connectivity index is 1.61. The van der Waals surface area contributed by atoms with E-state index in [0.717, 1.165) is 11.1 Å². The molecule has 2 N–H and O–H groups in total. The predicted octanol–water partition coefficient (Wildman–Crippen LogP) is 2.26. The molecule has 0 radical (unpaired) electrons. The molecule has 0 unspecified atom stereocenters. The van der Waals surface area contributed by atoms with Gasteiger partial charge in [0.15, 0.2) is 6.29 Å². The maximum atomic E-state index is 10.6. The van der Waals surface area contributed by atoms with Crippen LogP contribution in [-0.2, 0) is 27.4 Å². The molecule has 0 aliphatic carbocycles. The fourth-order valence-corrected chi connectivity index (χ4v) is 2.96. The lowest BCUT2D eigenvalue weighted by atomic mass is 9.99. The molecule has 0 spiro atoms. The highest BCUT2D eigenvalue weighted by molar-refractivity contribution is 5.14. The van der Waals surface area contributed by atoms with Gasteiger partial charge >= 0.3 is 0 Å². The van der Waals surface area contributed by atoms with Gasteiger partial charge in [-0.05, 0) is 18.1 Å². The van der Waals surface area contributed by atoms with E-state index in [1.807, 2.05) is 60.7 Å². The van der Waals surface area contributed by atoms with Crippen LogP contribution in [0, 0.1) is 0 Å². The molecule has 1 aliphatic rings. The van der Waals surface area contributed by atoms with Crippen molar-refractivity contribution in [3.05, 3.63) is 71.8 Å². The normalized spacial score (nSPS) is 29.5. The molecule has 1 heterocycles. The van der Waals surface area contributed by atoms with E-state index in [0.29, 0.717) is 6.61 Å². The van der Waals surface area contributed by atoms with Crippen molar-refractivity contribution in [2.24, 2.45) is 0 Å². The molecule has 25 heavy (non-hydrogen) atoms. The highest BCUT2D eigenvalue weighted by Gasteiger charge is 2.44. The third-order valence-electron chi connectivity index (χ3n) is 4.34. The van der Waals surface area contributed by atoms with Gasteiger partial charge in [-0.1, -0.05) is 60.7 Å². The molecule has 0 bridgehead atoms. The fraction of sp³-hybridized carbons (Fsp3) is 0.400. The molecule has 5 nitrogen and oxygen atoms in total. The van der Waals surface area contributed by atoms with Gasteiger partial charge in [-0.25, -0.2) is 0 Å². The number of aliphatic hydroxyl groups is 2. The van der Waals surface area contributed by atoms with Crippen LogP contribution in [0.25, 0.3) is 0 Å². The van der Waals surface area contributed by atoms with Crippen molar-refractivity contribution in [3.63, 3.8) is 0 Å². The smallest absolute Gasteiger partial charge is 0.184 e. The first-order chi connectivity index (χ1) is 12.1. The van der Waals surface area contributed by atoms with Crippen LogP contribution in [0.1, 0.15) is 18.1 Å². The molecule has 0 amide bonds. The predicted molar refractivity (Wildman–Crippen MR) is 92.6 cm³/mol. The van der Waals surface area contributed by atoms with Gasteiger partial charge in [-0.3, -0.25) is 0 Å². The van der Waals surface area contributed by atoms with Gasteiger partial charge in [-0.15, -0.1) is 0 Å². The van der Waals surface area contributed by atoms with Crippen molar-refractivity contribution in [1.29, 1.82) is 0 Å². The minimum atomic E-state index is -1.19. The number of ether oxygens (including phenoxy) is 3. The Kier molecular flexibility index (Phi) is 6.18. The highest BCUT2D eigenvalue weighted by Crippen LogP contribution is 2.26. The van der Waals surface area contributed by atoms with Gasteiger partial charge < -0.3 is 24.4 Å². The van der Waals surface area contributed by atoms with Gasteiger partial charge in [0, 0.05) is 0 Å². The Morgan fingerprint density at radius 1 is 0.800 bits per heavy atom. The second-order valence-electron chi connectivity index (χ2n) is 6.24. The number of aliphatic hydroxyl groups excluding tert-OH is 2. The monoisotopic (exact) mass is 344 g/mol. The third kappa shape index (κ3) is 4.66. The maximum Gasteiger partial charge on any atom is 0.184 e. The van der Waals surface area contributed by atoms with E-state index in [1.165, 1.54) is 0 Å². The molecule has 3 rings (SSSR count). The van der Waals surface area contributed by atoms with Gasteiger partial charge in [0.05, 0.1) is 19.3 Å². The summed E-state index contributed by atoms with van der Waals surface area (Å²) in [4.78, 5) is 0. The molecule has 1 aliphatic heterocycles. The first kappa shape index (κ1) is 18.0. The van der Waals surface area contributed by atoms with Crippen LogP contribution in [0.2, 0.25) is 0 Å². The average molecular weight is 344 g/mol. The summed E-state index contributed by atoms with van der Waals surface area (Å²) in [6.45, 7) is 2.41. The molecule has 134 valence electrons. The molecule has 1 saturated heterocycles. The zero-order chi connectivity index (χ0) is 17.6. The van der Waals surface area contributed by atoms with Crippen LogP contribution in [0.4, 0.5) is 0 Å². The number of hydrogen-bond donors (Lipinski definition) is 2. The molecule has 2 aromatic carbocycles. The number of hydrogen-bond acceptors (Lipinski definition) is 5. The van der Waals surface area contributed by atoms with Crippen molar-refractivity contribution < 1.29 is 24.4 Å². The van der Waals surface area contributed by atoms with Crippen LogP contribution in [0.15, 0.2) is 60.7 Å². The Morgan fingerprint density at radius 3 is 1.80 bits per heavy atom. The Labute approximate surface area is 147 Å². The van der Waals surface area contributed by atoms with Crippen molar-refractivity contribution >= 4 is 0 Å². The lowest BCUT2D eigenvalue weighted by Gasteiger charge is -2.41. The first-order valence-electron chi connectivity index (χ1n) is 8.48. The van der Waals surface area contributed by atoms with Gasteiger partial charge in [0.2, 0.25) is 0 Å². The molecule has 1 fully saturated rings. The van der Waals surface area contributed by atoms with Crippen LogP contribution >= 0.6 is 0 Å². The van der Waals surface area contributed by atoms with Crippen molar-refractivity contribution in [2.45, 2.75) is 50.8 Å². The quantitative estimate of drug-likeness (QED) is 0.841. The van der Waals surface area contributed by atoms with Crippen LogP contribution in [0.3, 0.4) is 0 Å². The number of rotatable bonds is 6. The van der Waals surface area contributed by atoms with Crippen molar-refractivity contribution in [3.8, 4) is 0 Å². The Morgan fingerprint density at radius 2 is 1.28 bits per heavy atom. The van der Waals surface area contributed by atoms with Gasteiger partial charge in [0.25, 0.3) is 0 Å². The van der Waals surface area contributed by atoms with Crippen molar-refractivity contribution in [2.75, 3.05) is 0 Å². The molecule has 5 atom stereocenters. The molecular weight excluding hydrogens is 320 g/mol. The number of benzene rings is 2. The van der Waals surface area contributed by atoms with Crippen LogP contribution < -0.4 is 0 Å². The molecule has 0 aromatic heterocycles. The van der Waals surface area contributed by atoms with Crippen LogP contribution in [-0.4, -0.2) is 40.9 Å². The highest BCUT2D eigenvalue weighted by atomic mass is 16.7. The average Bonchev–Trinajstić information content (AvgIpc) is 2.63. The SMILES string of the molecule is C[C@@H]1O[C@@H](O)[C@@H](OCc2ccccc2)[C@H](O)[C@@H]1OCc1ccccc1. The second-order valence-corrected chi connectivity index (χ2v) is 6.24. The topological polar surface area (TPSA) is 68.2 Å². The van der Waals surface area contributed by atoms with E-state index in [2.05, 4.69) is 0 Å². The van der Waals surface area contributed by atoms with Gasteiger partial charge in [-0.2, -0.15) is 0 Å². The second kappa shape index (κ2) is 8.56. The molecule has 5 heteroatoms. The summed E-state index contributed by atoms with van der Waals surface area (Å²) in [7, 11) is 0. The molecule has 0 saturated carbocycles. The van der Waals surface area contributed by atoms with E-state index in [-0.39, 0.29) is 6.61 Å². The summed E-state index contributed by atoms with van der Waals surface area (Å²) in [5.74, 6) is 0. The third-order valence-corrected chi connectivity index (χ3v) is 4.34. The Hall–Kier alpha value is -1.76. The first-order valence-corrected chi connectivity index (χ1v) is 8.48. The summed E-state index contributed by atoms with van der Waals surface area (Å²) in [5.41, 5.74) is 1.97. The lowest BCUT2D eigenvalue weighted by Crippen LogP contribution is -2.58. The Bertz CT molecular complexity index is 578. The van der Waals surface area contributed by atoms with Crippen LogP contribution in [0.5, 0.6) is 0 Å². The largest absolute Gasteiger partial charge is 0.387 e. The van der Waals surface area contributed by atoms with Crippen molar-refractivity contribution in [1.82, 2.24) is 0 Å². The zero-order valence-electron chi connectivity index (χ0n) is 14.2. The summed E-state index contributed by atoms with van der Waals surface area (Å²) in [6, 6.07) is 19.3. The molecule has 2 aromatic rings. The summed E-state index contributed by atoms with van der Waals surface area (Å²) >= 11 is 0. The van der Waals surface area contributed by atoms with E-state index in [9.17, 15) is 10.2 Å². The fourth-order valence-electron chi connectivity index (χ4n) is 2.96. The summed E-state index contributed by atoms with van der Waals surface area (Å²) in [6.07, 6.45) is -4.05. The van der Waals surface area contributed by atoms with E-state index < -0.39 is 30.7 Å². The maximum absolute atomic E-state index is 10.6.